The molecule has 3 rings (SSSR count). The van der Waals surface area contributed by atoms with E-state index in [4.69, 9.17) is 14.2 Å². The van der Waals surface area contributed by atoms with Crippen LogP contribution in [-0.2, 0) is 11.3 Å². The highest BCUT2D eigenvalue weighted by molar-refractivity contribution is 5.48. The molecule has 0 spiro atoms. The van der Waals surface area contributed by atoms with Crippen molar-refractivity contribution in [1.82, 2.24) is 9.88 Å². The molecule has 2 heterocycles. The summed E-state index contributed by atoms with van der Waals surface area (Å²) in [6.45, 7) is 3.77. The second kappa shape index (κ2) is 6.98. The SMILES string of the molecule is COC[C@@H](c1ccccn1)N(C)Cc1cc2c(cc1C)OCO2. The Kier molecular flexibility index (Phi) is 4.79. The zero-order valence-corrected chi connectivity index (χ0v) is 13.8. The molecule has 1 aromatic carbocycles. The van der Waals surface area contributed by atoms with Crippen LogP contribution >= 0.6 is 0 Å². The van der Waals surface area contributed by atoms with E-state index in [1.54, 1.807) is 7.11 Å². The maximum atomic E-state index is 5.49. The molecule has 0 amide bonds. The van der Waals surface area contributed by atoms with Crippen LogP contribution in [0.1, 0.15) is 22.9 Å². The van der Waals surface area contributed by atoms with Gasteiger partial charge in [-0.05, 0) is 49.4 Å². The predicted octanol–water partition coefficient (Wildman–Crippen LogP) is 2.94. The quantitative estimate of drug-likeness (QED) is 0.820. The highest BCUT2D eigenvalue weighted by Crippen LogP contribution is 2.35. The number of aryl methyl sites for hydroxylation is 1. The van der Waals surface area contributed by atoms with Gasteiger partial charge in [-0.1, -0.05) is 6.07 Å². The number of nitrogens with zero attached hydrogens (tertiary/aromatic N) is 2. The Morgan fingerprint density at radius 2 is 2.04 bits per heavy atom. The largest absolute Gasteiger partial charge is 0.454 e. The van der Waals surface area contributed by atoms with Crippen LogP contribution in [0.15, 0.2) is 36.5 Å². The number of ether oxygens (including phenoxy) is 3. The highest BCUT2D eigenvalue weighted by Gasteiger charge is 2.21. The second-order valence-electron chi connectivity index (χ2n) is 5.77. The summed E-state index contributed by atoms with van der Waals surface area (Å²) in [6.07, 6.45) is 1.82. The molecule has 5 nitrogen and oxygen atoms in total. The van der Waals surface area contributed by atoms with E-state index in [0.29, 0.717) is 13.4 Å². The molecule has 23 heavy (non-hydrogen) atoms. The van der Waals surface area contributed by atoms with E-state index in [9.17, 15) is 0 Å². The van der Waals surface area contributed by atoms with Crippen molar-refractivity contribution in [3.63, 3.8) is 0 Å². The first-order chi connectivity index (χ1) is 11.2. The lowest BCUT2D eigenvalue weighted by Gasteiger charge is -2.27. The zero-order valence-electron chi connectivity index (χ0n) is 13.8. The number of hydrogen-bond donors (Lipinski definition) is 0. The van der Waals surface area contributed by atoms with Crippen molar-refractivity contribution < 1.29 is 14.2 Å². The third-order valence-electron chi connectivity index (χ3n) is 4.14. The molecule has 2 aromatic rings. The minimum atomic E-state index is 0.103. The van der Waals surface area contributed by atoms with Gasteiger partial charge in [-0.3, -0.25) is 9.88 Å². The molecule has 0 aliphatic carbocycles. The smallest absolute Gasteiger partial charge is 0.231 e. The maximum absolute atomic E-state index is 5.49. The Labute approximate surface area is 136 Å². The summed E-state index contributed by atoms with van der Waals surface area (Å²) in [5.74, 6) is 1.65. The summed E-state index contributed by atoms with van der Waals surface area (Å²) < 4.78 is 16.3. The molecule has 1 aliphatic heterocycles. The van der Waals surface area contributed by atoms with Crippen LogP contribution < -0.4 is 9.47 Å². The van der Waals surface area contributed by atoms with Gasteiger partial charge in [-0.15, -0.1) is 0 Å². The molecule has 0 radical (unpaired) electrons. The van der Waals surface area contributed by atoms with Gasteiger partial charge >= 0.3 is 0 Å². The lowest BCUT2D eigenvalue weighted by molar-refractivity contribution is 0.0998. The Bertz CT molecular complexity index is 661. The lowest BCUT2D eigenvalue weighted by atomic mass is 10.1. The average Bonchev–Trinajstić information content (AvgIpc) is 3.00. The van der Waals surface area contributed by atoms with Crippen LogP contribution in [0.4, 0.5) is 0 Å². The van der Waals surface area contributed by atoms with Crippen molar-refractivity contribution in [3.05, 3.63) is 53.3 Å². The summed E-state index contributed by atoms with van der Waals surface area (Å²) in [6, 6.07) is 10.2. The van der Waals surface area contributed by atoms with Gasteiger partial charge in [0.1, 0.15) is 0 Å². The number of benzene rings is 1. The first-order valence-corrected chi connectivity index (χ1v) is 7.68. The lowest BCUT2D eigenvalue weighted by Crippen LogP contribution is -2.28. The van der Waals surface area contributed by atoms with E-state index in [-0.39, 0.29) is 6.04 Å². The number of pyridine rings is 1. The standard InChI is InChI=1S/C18H22N2O3/c1-13-8-17-18(23-12-22-17)9-14(13)10-20(2)16(11-21-3)15-6-4-5-7-19-15/h4-9,16H,10-12H2,1-3H3/t16-/m0/s1. The van der Waals surface area contributed by atoms with Gasteiger partial charge in [0, 0.05) is 19.9 Å². The monoisotopic (exact) mass is 314 g/mol. The third kappa shape index (κ3) is 3.46. The van der Waals surface area contributed by atoms with E-state index < -0.39 is 0 Å². The Morgan fingerprint density at radius 1 is 1.26 bits per heavy atom. The molecular weight excluding hydrogens is 292 g/mol. The summed E-state index contributed by atoms with van der Waals surface area (Å²) in [7, 11) is 3.80. The number of fused-ring (bicyclic) bond motifs is 1. The van der Waals surface area contributed by atoms with E-state index in [2.05, 4.69) is 29.9 Å². The van der Waals surface area contributed by atoms with Gasteiger partial charge in [0.05, 0.1) is 18.3 Å². The molecule has 0 saturated heterocycles. The Morgan fingerprint density at radius 3 is 2.74 bits per heavy atom. The number of hydrogen-bond acceptors (Lipinski definition) is 5. The van der Waals surface area contributed by atoms with Crippen LogP contribution in [0, 0.1) is 6.92 Å². The first kappa shape index (κ1) is 15.8. The van der Waals surface area contributed by atoms with Crippen molar-refractivity contribution in [3.8, 4) is 11.5 Å². The molecule has 0 unspecified atom stereocenters. The van der Waals surface area contributed by atoms with Crippen LogP contribution in [0.3, 0.4) is 0 Å². The summed E-state index contributed by atoms with van der Waals surface area (Å²) in [5, 5.41) is 0. The first-order valence-electron chi connectivity index (χ1n) is 7.68. The molecule has 5 heteroatoms. The normalized spacial score (nSPS) is 14.3. The minimum Gasteiger partial charge on any atom is -0.454 e. The van der Waals surface area contributed by atoms with Crippen molar-refractivity contribution >= 4 is 0 Å². The number of methoxy groups -OCH3 is 1. The predicted molar refractivity (Wildman–Crippen MR) is 87.6 cm³/mol. The van der Waals surface area contributed by atoms with Gasteiger partial charge in [0.2, 0.25) is 6.79 Å². The molecule has 1 aliphatic rings. The molecule has 0 fully saturated rings. The highest BCUT2D eigenvalue weighted by atomic mass is 16.7. The van der Waals surface area contributed by atoms with Crippen molar-refractivity contribution in [2.75, 3.05) is 27.6 Å². The maximum Gasteiger partial charge on any atom is 0.231 e. The fourth-order valence-corrected chi connectivity index (χ4v) is 2.80. The van der Waals surface area contributed by atoms with E-state index in [0.717, 1.165) is 23.7 Å². The molecule has 1 aromatic heterocycles. The van der Waals surface area contributed by atoms with Gasteiger partial charge < -0.3 is 14.2 Å². The molecule has 0 N–H and O–H groups in total. The third-order valence-corrected chi connectivity index (χ3v) is 4.14. The van der Waals surface area contributed by atoms with Gasteiger partial charge in [-0.25, -0.2) is 0 Å². The molecule has 1 atom stereocenters. The molecule has 0 saturated carbocycles. The number of rotatable bonds is 6. The number of likely N-dealkylation sites (N-methyl/N-ethyl adjacent to an activating group) is 1. The number of aromatic nitrogens is 1. The van der Waals surface area contributed by atoms with Gasteiger partial charge in [-0.2, -0.15) is 0 Å². The van der Waals surface area contributed by atoms with Crippen LogP contribution in [0.2, 0.25) is 0 Å². The molecule has 122 valence electrons. The van der Waals surface area contributed by atoms with Crippen LogP contribution in [0.5, 0.6) is 11.5 Å². The van der Waals surface area contributed by atoms with Crippen LogP contribution in [0.25, 0.3) is 0 Å². The minimum absolute atomic E-state index is 0.103. The van der Waals surface area contributed by atoms with E-state index in [1.165, 1.54) is 11.1 Å². The Hall–Kier alpha value is -2.11. The average molecular weight is 314 g/mol. The van der Waals surface area contributed by atoms with Crippen molar-refractivity contribution in [1.29, 1.82) is 0 Å². The van der Waals surface area contributed by atoms with E-state index in [1.807, 2.05) is 30.5 Å². The topological polar surface area (TPSA) is 43.8 Å². The van der Waals surface area contributed by atoms with Crippen molar-refractivity contribution in [2.45, 2.75) is 19.5 Å². The Balaban J connectivity index is 1.80. The molecule has 0 bridgehead atoms. The second-order valence-corrected chi connectivity index (χ2v) is 5.77. The van der Waals surface area contributed by atoms with Gasteiger partial charge in [0.15, 0.2) is 11.5 Å². The fraction of sp³-hybridized carbons (Fsp3) is 0.389. The van der Waals surface area contributed by atoms with Crippen LogP contribution in [-0.4, -0.2) is 37.4 Å². The van der Waals surface area contributed by atoms with Gasteiger partial charge in [0.25, 0.3) is 0 Å². The summed E-state index contributed by atoms with van der Waals surface area (Å²) >= 11 is 0. The van der Waals surface area contributed by atoms with E-state index >= 15 is 0 Å². The fourth-order valence-electron chi connectivity index (χ4n) is 2.80. The summed E-state index contributed by atoms with van der Waals surface area (Å²) in [4.78, 5) is 6.72. The zero-order chi connectivity index (χ0) is 16.2. The molecular formula is C18H22N2O3. The summed E-state index contributed by atoms with van der Waals surface area (Å²) in [5.41, 5.74) is 3.42. The van der Waals surface area contributed by atoms with Crippen molar-refractivity contribution in [2.24, 2.45) is 0 Å².